The zero-order valence-electron chi connectivity index (χ0n) is 15.8. The Kier molecular flexibility index (Phi) is 5.59. The van der Waals surface area contributed by atoms with E-state index in [9.17, 15) is 4.39 Å². The standard InChI is InChI=1S/C20H32FNO/c1-12(2)18-19(13(3)4)22(11-15(7)21)16-9-8-10-17(16)23-20(18)14(5)6/h15-17H,8-11H2,1-7H3. The van der Waals surface area contributed by atoms with Crippen molar-refractivity contribution in [2.45, 2.75) is 86.0 Å². The second-order valence-electron chi connectivity index (χ2n) is 7.64. The van der Waals surface area contributed by atoms with Gasteiger partial charge in [-0.2, -0.15) is 0 Å². The fraction of sp³-hybridized carbons (Fsp3) is 0.700. The Morgan fingerprint density at radius 2 is 1.74 bits per heavy atom. The Balaban J connectivity index is 2.68. The van der Waals surface area contributed by atoms with Crippen molar-refractivity contribution >= 4 is 0 Å². The van der Waals surface area contributed by atoms with Crippen molar-refractivity contribution in [3.8, 4) is 0 Å². The highest BCUT2D eigenvalue weighted by Gasteiger charge is 2.41. The SMILES string of the molecule is CC(C)=C1OC2CCCC2N(CC(C)F)C(=C(C)C)C1=C(C)C. The van der Waals surface area contributed by atoms with Gasteiger partial charge in [0.2, 0.25) is 0 Å². The summed E-state index contributed by atoms with van der Waals surface area (Å²) < 4.78 is 20.4. The average Bonchev–Trinajstić information content (AvgIpc) is 2.82. The first-order valence-electron chi connectivity index (χ1n) is 8.84. The maximum atomic E-state index is 14.0. The van der Waals surface area contributed by atoms with Crippen molar-refractivity contribution in [1.82, 2.24) is 4.90 Å². The molecule has 2 nitrogen and oxygen atoms in total. The number of ether oxygens (including phenoxy) is 1. The molecular weight excluding hydrogens is 289 g/mol. The molecule has 0 aromatic heterocycles. The van der Waals surface area contributed by atoms with Gasteiger partial charge >= 0.3 is 0 Å². The van der Waals surface area contributed by atoms with Gasteiger partial charge in [0.05, 0.1) is 6.04 Å². The van der Waals surface area contributed by atoms with Gasteiger partial charge in [0.1, 0.15) is 18.0 Å². The third kappa shape index (κ3) is 3.64. The molecule has 2 aliphatic rings. The lowest BCUT2D eigenvalue weighted by Gasteiger charge is -2.35. The molecule has 1 heterocycles. The zero-order chi connectivity index (χ0) is 17.3. The Bertz CT molecular complexity index is 544. The minimum absolute atomic E-state index is 0.171. The third-order valence-corrected chi connectivity index (χ3v) is 4.71. The number of halogens is 1. The van der Waals surface area contributed by atoms with Crippen LogP contribution in [0.15, 0.2) is 33.7 Å². The lowest BCUT2D eigenvalue weighted by Crippen LogP contribution is -2.42. The number of rotatable bonds is 2. The summed E-state index contributed by atoms with van der Waals surface area (Å²) in [5, 5.41) is 0. The van der Waals surface area contributed by atoms with Crippen LogP contribution in [-0.4, -0.2) is 29.8 Å². The molecule has 3 unspecified atom stereocenters. The molecule has 0 spiro atoms. The van der Waals surface area contributed by atoms with E-state index >= 15 is 0 Å². The van der Waals surface area contributed by atoms with Crippen LogP contribution in [-0.2, 0) is 4.74 Å². The monoisotopic (exact) mass is 321 g/mol. The van der Waals surface area contributed by atoms with E-state index in [2.05, 4.69) is 46.4 Å². The van der Waals surface area contributed by atoms with Crippen LogP contribution < -0.4 is 0 Å². The molecule has 0 amide bonds. The van der Waals surface area contributed by atoms with Gasteiger partial charge in [0.25, 0.3) is 0 Å². The molecule has 2 rings (SSSR count). The summed E-state index contributed by atoms with van der Waals surface area (Å²) in [6.07, 6.45) is 2.62. The van der Waals surface area contributed by atoms with Crippen molar-refractivity contribution in [3.63, 3.8) is 0 Å². The van der Waals surface area contributed by atoms with Crippen LogP contribution in [0, 0.1) is 0 Å². The molecule has 0 aromatic carbocycles. The van der Waals surface area contributed by atoms with Gasteiger partial charge in [0.15, 0.2) is 0 Å². The summed E-state index contributed by atoms with van der Waals surface area (Å²) in [5.74, 6) is 1.01. The van der Waals surface area contributed by atoms with Gasteiger partial charge in [-0.1, -0.05) is 11.1 Å². The molecule has 0 radical (unpaired) electrons. The lowest BCUT2D eigenvalue weighted by molar-refractivity contribution is 0.0668. The van der Waals surface area contributed by atoms with Gasteiger partial charge in [-0.3, -0.25) is 0 Å². The number of fused-ring (bicyclic) bond motifs is 1. The first kappa shape index (κ1) is 18.1. The van der Waals surface area contributed by atoms with Crippen LogP contribution in [0.3, 0.4) is 0 Å². The summed E-state index contributed by atoms with van der Waals surface area (Å²) in [6.45, 7) is 14.8. The number of hydrogen-bond donors (Lipinski definition) is 0. The molecule has 23 heavy (non-hydrogen) atoms. The van der Waals surface area contributed by atoms with E-state index < -0.39 is 6.17 Å². The Morgan fingerprint density at radius 3 is 2.22 bits per heavy atom. The van der Waals surface area contributed by atoms with Gasteiger partial charge in [-0.05, 0) is 73.3 Å². The molecule has 3 atom stereocenters. The average molecular weight is 321 g/mol. The fourth-order valence-corrected chi connectivity index (χ4v) is 3.89. The van der Waals surface area contributed by atoms with Crippen LogP contribution in [0.5, 0.6) is 0 Å². The van der Waals surface area contributed by atoms with Crippen LogP contribution in [0.4, 0.5) is 4.39 Å². The second-order valence-corrected chi connectivity index (χ2v) is 7.64. The van der Waals surface area contributed by atoms with Gasteiger partial charge < -0.3 is 9.64 Å². The van der Waals surface area contributed by atoms with Crippen LogP contribution in [0.2, 0.25) is 0 Å². The predicted octanol–water partition coefficient (Wildman–Crippen LogP) is 5.52. The number of nitrogens with zero attached hydrogens (tertiary/aromatic N) is 1. The molecule has 0 N–H and O–H groups in total. The molecule has 1 aliphatic carbocycles. The summed E-state index contributed by atoms with van der Waals surface area (Å²) in [4.78, 5) is 2.30. The lowest BCUT2D eigenvalue weighted by atomic mass is 9.97. The van der Waals surface area contributed by atoms with Crippen molar-refractivity contribution in [2.75, 3.05) is 6.54 Å². The van der Waals surface area contributed by atoms with E-state index in [1.54, 1.807) is 6.92 Å². The van der Waals surface area contributed by atoms with E-state index in [4.69, 9.17) is 4.74 Å². The molecule has 130 valence electrons. The third-order valence-electron chi connectivity index (χ3n) is 4.71. The van der Waals surface area contributed by atoms with Crippen molar-refractivity contribution < 1.29 is 9.13 Å². The topological polar surface area (TPSA) is 12.5 Å². The molecular formula is C20H32FNO. The van der Waals surface area contributed by atoms with Crippen molar-refractivity contribution in [2.24, 2.45) is 0 Å². The van der Waals surface area contributed by atoms with Crippen molar-refractivity contribution in [3.05, 3.63) is 33.7 Å². The summed E-state index contributed by atoms with van der Waals surface area (Å²) in [6, 6.07) is 0.282. The van der Waals surface area contributed by atoms with E-state index in [1.165, 1.54) is 28.0 Å². The van der Waals surface area contributed by atoms with Gasteiger partial charge in [-0.25, -0.2) is 4.39 Å². The Hall–Kier alpha value is -1.25. The smallest absolute Gasteiger partial charge is 0.127 e. The van der Waals surface area contributed by atoms with Gasteiger partial charge in [-0.15, -0.1) is 0 Å². The Morgan fingerprint density at radius 1 is 1.09 bits per heavy atom. The highest BCUT2D eigenvalue weighted by atomic mass is 19.1. The van der Waals surface area contributed by atoms with E-state index in [-0.39, 0.29) is 12.1 Å². The van der Waals surface area contributed by atoms with E-state index in [0.29, 0.717) is 6.54 Å². The molecule has 1 saturated carbocycles. The maximum Gasteiger partial charge on any atom is 0.127 e. The fourth-order valence-electron chi connectivity index (χ4n) is 3.89. The number of alkyl halides is 1. The molecule has 0 aromatic rings. The predicted molar refractivity (Wildman–Crippen MR) is 94.9 cm³/mol. The van der Waals surface area contributed by atoms with E-state index in [1.807, 2.05) is 0 Å². The first-order chi connectivity index (χ1) is 10.7. The summed E-state index contributed by atoms with van der Waals surface area (Å²) in [5.41, 5.74) is 6.01. The normalized spacial score (nSPS) is 25.7. The molecule has 2 fully saturated rings. The molecule has 1 aliphatic heterocycles. The quantitative estimate of drug-likeness (QED) is 0.664. The summed E-state index contributed by atoms with van der Waals surface area (Å²) >= 11 is 0. The molecule has 3 heteroatoms. The molecule has 1 saturated heterocycles. The highest BCUT2D eigenvalue weighted by molar-refractivity contribution is 5.50. The highest BCUT2D eigenvalue weighted by Crippen LogP contribution is 2.42. The van der Waals surface area contributed by atoms with Crippen LogP contribution >= 0.6 is 0 Å². The maximum absolute atomic E-state index is 14.0. The van der Waals surface area contributed by atoms with Crippen LogP contribution in [0.1, 0.15) is 67.7 Å². The van der Waals surface area contributed by atoms with Crippen LogP contribution in [0.25, 0.3) is 0 Å². The van der Waals surface area contributed by atoms with Crippen molar-refractivity contribution in [1.29, 1.82) is 0 Å². The first-order valence-corrected chi connectivity index (χ1v) is 8.84. The van der Waals surface area contributed by atoms with E-state index in [0.717, 1.165) is 25.0 Å². The summed E-state index contributed by atoms with van der Waals surface area (Å²) in [7, 11) is 0. The zero-order valence-corrected chi connectivity index (χ0v) is 15.8. The number of allylic oxidation sites excluding steroid dienone is 3. The second kappa shape index (κ2) is 7.11. The number of hydrogen-bond acceptors (Lipinski definition) is 2. The Labute approximate surface area is 141 Å². The minimum Gasteiger partial charge on any atom is -0.488 e. The molecule has 0 bridgehead atoms. The largest absolute Gasteiger partial charge is 0.488 e. The van der Waals surface area contributed by atoms with Gasteiger partial charge in [0, 0.05) is 17.8 Å². The minimum atomic E-state index is -0.850.